The number of rotatable bonds is 19. The molecular weight excluding hydrogens is 445 g/mol. The van der Waals surface area contributed by atoms with Gasteiger partial charge >= 0.3 is 0 Å². The highest BCUT2D eigenvalue weighted by molar-refractivity contribution is 14.1. The Morgan fingerprint density at radius 1 is 0.583 bits per heavy atom. The van der Waals surface area contributed by atoms with Gasteiger partial charge in [-0.15, -0.1) is 12.6 Å². The second-order valence-corrected chi connectivity index (χ2v) is 9.17. The molecule has 24 heavy (non-hydrogen) atoms. The van der Waals surface area contributed by atoms with E-state index in [4.69, 9.17) is 12.2 Å². The predicted molar refractivity (Wildman–Crippen MR) is 127 cm³/mol. The van der Waals surface area contributed by atoms with E-state index < -0.39 is 0 Å². The molecule has 0 fully saturated rings. The molecule has 0 unspecified atom stereocenters. The summed E-state index contributed by atoms with van der Waals surface area (Å²) >= 11 is 11.4. The van der Waals surface area contributed by atoms with Crippen LogP contribution in [0.3, 0.4) is 0 Å². The predicted octanol–water partition coefficient (Wildman–Crippen LogP) is 7.86. The number of unbranched alkanes of at least 4 members (excludes halogenated alkanes) is 16. The summed E-state index contributed by atoms with van der Waals surface area (Å²) in [5.41, 5.74) is 0. The molecule has 0 aromatic rings. The summed E-state index contributed by atoms with van der Waals surface area (Å²) in [7, 11) is 0. The topological polar surface area (TPSA) is 12.0 Å². The molecular formula is C20H40INS2. The monoisotopic (exact) mass is 485 g/mol. The van der Waals surface area contributed by atoms with E-state index in [9.17, 15) is 0 Å². The quantitative estimate of drug-likeness (QED) is 0.0635. The van der Waals surface area contributed by atoms with Crippen LogP contribution in [0.25, 0.3) is 0 Å². The van der Waals surface area contributed by atoms with Gasteiger partial charge in [-0.3, -0.25) is 0 Å². The van der Waals surface area contributed by atoms with Gasteiger partial charge in [0.25, 0.3) is 0 Å². The number of thiocarbonyl (C=S) groups is 1. The molecule has 0 aliphatic rings. The molecule has 1 N–H and O–H groups in total. The van der Waals surface area contributed by atoms with E-state index in [1.54, 1.807) is 0 Å². The molecule has 0 heterocycles. The van der Waals surface area contributed by atoms with Crippen LogP contribution in [0.1, 0.15) is 109 Å². The first-order valence-electron chi connectivity index (χ1n) is 10.3. The van der Waals surface area contributed by atoms with Crippen LogP contribution in [-0.2, 0) is 0 Å². The first-order chi connectivity index (χ1) is 11.8. The highest BCUT2D eigenvalue weighted by atomic mass is 127. The SMILES string of the molecule is S=C(S)NCCCCCCCCCCCCCCCCCCCI. The van der Waals surface area contributed by atoms with Gasteiger partial charge in [0.2, 0.25) is 0 Å². The van der Waals surface area contributed by atoms with Gasteiger partial charge in [0.05, 0.1) is 0 Å². The highest BCUT2D eigenvalue weighted by Crippen LogP contribution is 2.14. The zero-order chi connectivity index (χ0) is 17.7. The van der Waals surface area contributed by atoms with E-state index in [1.807, 2.05) is 0 Å². The van der Waals surface area contributed by atoms with Gasteiger partial charge in [-0.05, 0) is 17.3 Å². The molecule has 0 amide bonds. The molecule has 0 atom stereocenters. The zero-order valence-electron chi connectivity index (χ0n) is 15.7. The Bertz CT molecular complexity index is 262. The van der Waals surface area contributed by atoms with E-state index >= 15 is 0 Å². The lowest BCUT2D eigenvalue weighted by molar-refractivity contribution is 0.527. The highest BCUT2D eigenvalue weighted by Gasteiger charge is 1.95. The molecule has 0 saturated heterocycles. The van der Waals surface area contributed by atoms with Crippen molar-refractivity contribution in [2.75, 3.05) is 11.0 Å². The Morgan fingerprint density at radius 2 is 0.875 bits per heavy atom. The molecule has 0 radical (unpaired) electrons. The third kappa shape index (κ3) is 23.0. The van der Waals surface area contributed by atoms with Gasteiger partial charge in [-0.2, -0.15) is 0 Å². The Kier molecular flexibility index (Phi) is 22.9. The molecule has 0 aromatic carbocycles. The van der Waals surface area contributed by atoms with Crippen LogP contribution in [0.15, 0.2) is 0 Å². The average Bonchev–Trinajstić information content (AvgIpc) is 2.56. The first kappa shape index (κ1) is 25.0. The second-order valence-electron chi connectivity index (χ2n) is 6.93. The summed E-state index contributed by atoms with van der Waals surface area (Å²) in [4.78, 5) is 0. The van der Waals surface area contributed by atoms with Crippen molar-refractivity contribution in [2.24, 2.45) is 0 Å². The largest absolute Gasteiger partial charge is 0.371 e. The van der Waals surface area contributed by atoms with Crippen molar-refractivity contribution in [3.8, 4) is 0 Å². The normalized spacial score (nSPS) is 10.9. The maximum absolute atomic E-state index is 4.87. The minimum absolute atomic E-state index is 0.627. The lowest BCUT2D eigenvalue weighted by Crippen LogP contribution is -2.17. The van der Waals surface area contributed by atoms with Gasteiger partial charge in [0.15, 0.2) is 0 Å². The summed E-state index contributed by atoms with van der Waals surface area (Å²) in [6.07, 6.45) is 24.2. The minimum Gasteiger partial charge on any atom is -0.371 e. The van der Waals surface area contributed by atoms with Crippen LogP contribution in [0.5, 0.6) is 0 Å². The van der Waals surface area contributed by atoms with E-state index in [0.29, 0.717) is 4.32 Å². The van der Waals surface area contributed by atoms with Gasteiger partial charge < -0.3 is 5.32 Å². The van der Waals surface area contributed by atoms with Crippen LogP contribution < -0.4 is 5.32 Å². The Labute approximate surface area is 176 Å². The molecule has 1 nitrogen and oxygen atoms in total. The molecule has 0 spiro atoms. The first-order valence-corrected chi connectivity index (χ1v) is 12.7. The Hall–Kier alpha value is 0.970. The lowest BCUT2D eigenvalue weighted by Gasteiger charge is -2.04. The maximum atomic E-state index is 4.87. The van der Waals surface area contributed by atoms with Crippen LogP contribution in [0.2, 0.25) is 0 Å². The van der Waals surface area contributed by atoms with Crippen LogP contribution in [-0.4, -0.2) is 15.3 Å². The summed E-state index contributed by atoms with van der Waals surface area (Å²) in [6.45, 7) is 0.987. The van der Waals surface area contributed by atoms with Crippen molar-refractivity contribution in [3.05, 3.63) is 0 Å². The van der Waals surface area contributed by atoms with Crippen molar-refractivity contribution < 1.29 is 0 Å². The number of thiol groups is 1. The summed E-state index contributed by atoms with van der Waals surface area (Å²) in [5, 5.41) is 3.10. The smallest absolute Gasteiger partial charge is 0.130 e. The van der Waals surface area contributed by atoms with Crippen LogP contribution in [0, 0.1) is 0 Å². The van der Waals surface area contributed by atoms with Gasteiger partial charge in [-0.25, -0.2) is 0 Å². The molecule has 4 heteroatoms. The van der Waals surface area contributed by atoms with Gasteiger partial charge in [0, 0.05) is 6.54 Å². The Balaban J connectivity index is 2.97. The lowest BCUT2D eigenvalue weighted by atomic mass is 10.0. The van der Waals surface area contributed by atoms with Crippen LogP contribution >= 0.6 is 47.4 Å². The number of alkyl halides is 1. The third-order valence-electron chi connectivity index (χ3n) is 4.59. The molecule has 0 bridgehead atoms. The third-order valence-corrected chi connectivity index (χ3v) is 5.65. The summed E-state index contributed by atoms with van der Waals surface area (Å²) in [5.74, 6) is 0. The standard InChI is InChI=1S/C20H40INS2/c21-18-16-14-12-10-8-6-4-2-1-3-5-7-9-11-13-15-17-19-22-20(23)24/h1-19H2,(H2,22,23,24). The van der Waals surface area contributed by atoms with Crippen molar-refractivity contribution in [3.63, 3.8) is 0 Å². The number of hydrogen-bond acceptors (Lipinski definition) is 1. The Morgan fingerprint density at radius 3 is 1.17 bits per heavy atom. The second kappa shape index (κ2) is 22.0. The number of hydrogen-bond donors (Lipinski definition) is 2. The average molecular weight is 486 g/mol. The molecule has 0 saturated carbocycles. The fourth-order valence-electron chi connectivity index (χ4n) is 3.07. The fraction of sp³-hybridized carbons (Fsp3) is 0.950. The fourth-order valence-corrected chi connectivity index (χ4v) is 3.82. The van der Waals surface area contributed by atoms with Gasteiger partial charge in [0.1, 0.15) is 4.32 Å². The molecule has 0 aliphatic heterocycles. The molecule has 0 rings (SSSR count). The maximum Gasteiger partial charge on any atom is 0.130 e. The molecule has 144 valence electrons. The number of halogens is 1. The van der Waals surface area contributed by atoms with Crippen molar-refractivity contribution in [1.82, 2.24) is 5.32 Å². The van der Waals surface area contributed by atoms with E-state index in [1.165, 1.54) is 114 Å². The van der Waals surface area contributed by atoms with Gasteiger partial charge in [-0.1, -0.05) is 131 Å². The molecule has 0 aromatic heterocycles. The zero-order valence-corrected chi connectivity index (χ0v) is 19.5. The van der Waals surface area contributed by atoms with Crippen molar-refractivity contribution in [2.45, 2.75) is 109 Å². The van der Waals surface area contributed by atoms with E-state index in [2.05, 4.69) is 40.5 Å². The molecule has 0 aliphatic carbocycles. The van der Waals surface area contributed by atoms with Crippen LogP contribution in [0.4, 0.5) is 0 Å². The van der Waals surface area contributed by atoms with Crippen molar-refractivity contribution >= 4 is 51.8 Å². The van der Waals surface area contributed by atoms with Crippen molar-refractivity contribution in [1.29, 1.82) is 0 Å². The number of nitrogens with one attached hydrogen (secondary N) is 1. The minimum atomic E-state index is 0.627. The summed E-state index contributed by atoms with van der Waals surface area (Å²) < 4.78 is 1.96. The van der Waals surface area contributed by atoms with E-state index in [-0.39, 0.29) is 0 Å². The summed E-state index contributed by atoms with van der Waals surface area (Å²) in [6, 6.07) is 0. The van der Waals surface area contributed by atoms with E-state index in [0.717, 1.165) is 6.54 Å².